The van der Waals surface area contributed by atoms with Crippen LogP contribution in [0, 0.1) is 0 Å². The number of aromatic nitrogens is 3. The molecule has 0 atom stereocenters. The van der Waals surface area contributed by atoms with Gasteiger partial charge in [0.25, 0.3) is 5.91 Å². The van der Waals surface area contributed by atoms with Gasteiger partial charge in [-0.15, -0.1) is 0 Å². The number of nitrogens with one attached hydrogen (secondary N) is 1. The third-order valence-corrected chi connectivity index (χ3v) is 6.46. The van der Waals surface area contributed by atoms with Crippen LogP contribution in [0.25, 0.3) is 11.3 Å². The number of piperazine rings is 1. The minimum atomic E-state index is -0.0474. The second-order valence-corrected chi connectivity index (χ2v) is 9.12. The summed E-state index contributed by atoms with van der Waals surface area (Å²) in [5.74, 6) is 0.476. The van der Waals surface area contributed by atoms with Crippen molar-refractivity contribution < 1.29 is 9.59 Å². The first-order valence-corrected chi connectivity index (χ1v) is 12.3. The fourth-order valence-corrected chi connectivity index (χ4v) is 4.28. The van der Waals surface area contributed by atoms with Gasteiger partial charge in [0.05, 0.1) is 12.1 Å². The fourth-order valence-electron chi connectivity index (χ4n) is 4.15. The minimum Gasteiger partial charge on any atom is -0.339 e. The molecule has 1 aliphatic heterocycles. The summed E-state index contributed by atoms with van der Waals surface area (Å²) < 4.78 is 0. The van der Waals surface area contributed by atoms with Crippen LogP contribution in [0.5, 0.6) is 0 Å². The number of pyridine rings is 1. The van der Waals surface area contributed by atoms with Gasteiger partial charge in [-0.3, -0.25) is 14.6 Å². The molecule has 0 aliphatic carbocycles. The minimum absolute atomic E-state index is 0.0474. The monoisotopic (exact) mass is 512 g/mol. The molecule has 2 aromatic carbocycles. The van der Waals surface area contributed by atoms with Crippen LogP contribution in [0.1, 0.15) is 15.9 Å². The lowest BCUT2D eigenvalue weighted by molar-refractivity contribution is -0.131. The van der Waals surface area contributed by atoms with Crippen molar-refractivity contribution in [1.82, 2.24) is 24.8 Å². The van der Waals surface area contributed by atoms with E-state index >= 15 is 0 Å². The number of amides is 2. The molecule has 186 valence electrons. The Kier molecular flexibility index (Phi) is 7.37. The molecule has 1 N–H and O–H groups in total. The van der Waals surface area contributed by atoms with Crippen LogP contribution in [0.3, 0.4) is 0 Å². The summed E-state index contributed by atoms with van der Waals surface area (Å²) in [4.78, 5) is 42.1. The summed E-state index contributed by atoms with van der Waals surface area (Å²) in [6.45, 7) is 2.06. The number of carbonyl (C=O) groups is 2. The maximum absolute atomic E-state index is 13.0. The third-order valence-electron chi connectivity index (χ3n) is 6.21. The Bertz CT molecular complexity index is 1370. The smallest absolute Gasteiger partial charge is 0.253 e. The molecule has 1 fully saturated rings. The number of halogens is 1. The van der Waals surface area contributed by atoms with Crippen molar-refractivity contribution in [3.05, 3.63) is 101 Å². The lowest BCUT2D eigenvalue weighted by Crippen LogP contribution is -2.51. The Balaban J connectivity index is 1.16. The Hall–Kier alpha value is -4.30. The van der Waals surface area contributed by atoms with E-state index in [4.69, 9.17) is 11.6 Å². The van der Waals surface area contributed by atoms with Crippen LogP contribution in [-0.4, -0.2) is 62.7 Å². The van der Waals surface area contributed by atoms with Crippen LogP contribution < -0.4 is 5.32 Å². The Morgan fingerprint density at radius 2 is 1.49 bits per heavy atom. The summed E-state index contributed by atoms with van der Waals surface area (Å²) in [6, 6.07) is 20.2. The number of anilines is 2. The van der Waals surface area contributed by atoms with Gasteiger partial charge in [-0.25, -0.2) is 9.97 Å². The van der Waals surface area contributed by atoms with Crippen molar-refractivity contribution in [3.63, 3.8) is 0 Å². The predicted octanol–water partition coefficient (Wildman–Crippen LogP) is 4.46. The van der Waals surface area contributed by atoms with Crippen molar-refractivity contribution >= 4 is 35.1 Å². The van der Waals surface area contributed by atoms with Gasteiger partial charge in [0.15, 0.2) is 0 Å². The second-order valence-electron chi connectivity index (χ2n) is 8.68. The highest BCUT2D eigenvalue weighted by atomic mass is 35.5. The van der Waals surface area contributed by atoms with E-state index < -0.39 is 0 Å². The largest absolute Gasteiger partial charge is 0.339 e. The summed E-state index contributed by atoms with van der Waals surface area (Å²) >= 11 is 5.98. The maximum atomic E-state index is 13.0. The molecule has 37 heavy (non-hydrogen) atoms. The molecule has 0 radical (unpaired) electrons. The van der Waals surface area contributed by atoms with Crippen LogP contribution in [0.4, 0.5) is 11.6 Å². The summed E-state index contributed by atoms with van der Waals surface area (Å²) in [6.07, 6.45) is 5.41. The molecule has 5 rings (SSSR count). The van der Waals surface area contributed by atoms with Crippen molar-refractivity contribution in [1.29, 1.82) is 0 Å². The Morgan fingerprint density at radius 3 is 2.19 bits per heavy atom. The van der Waals surface area contributed by atoms with E-state index in [1.807, 2.05) is 59.5 Å². The molecule has 4 aromatic rings. The topological polar surface area (TPSA) is 91.3 Å². The standard InChI is InChI=1S/C28H25ClN6O2/c29-23-5-1-21(2-6-23)25-11-14-31-28(33-25)32-24-7-3-22(4-8-24)27(37)35-17-15-34(16-18-35)26(36)19-20-9-12-30-13-10-20/h1-14H,15-19H2,(H,31,32,33). The number of hydrogen-bond donors (Lipinski definition) is 1. The van der Waals surface area contributed by atoms with Crippen molar-refractivity contribution in [2.24, 2.45) is 0 Å². The van der Waals surface area contributed by atoms with Crippen molar-refractivity contribution in [2.45, 2.75) is 6.42 Å². The number of nitrogens with zero attached hydrogens (tertiary/aromatic N) is 5. The van der Waals surface area contributed by atoms with E-state index in [1.165, 1.54) is 0 Å². The maximum Gasteiger partial charge on any atom is 0.253 e. The first-order chi connectivity index (χ1) is 18.0. The van der Waals surface area contributed by atoms with Crippen molar-refractivity contribution in [3.8, 4) is 11.3 Å². The quantitative estimate of drug-likeness (QED) is 0.410. The molecule has 0 bridgehead atoms. The third kappa shape index (κ3) is 6.10. The molecular weight excluding hydrogens is 488 g/mol. The van der Waals surface area contributed by atoms with E-state index in [9.17, 15) is 9.59 Å². The average molecular weight is 513 g/mol. The molecule has 8 nitrogen and oxygen atoms in total. The number of hydrogen-bond acceptors (Lipinski definition) is 6. The highest BCUT2D eigenvalue weighted by Crippen LogP contribution is 2.22. The van der Waals surface area contributed by atoms with Gasteiger partial charge in [-0.05, 0) is 60.2 Å². The van der Waals surface area contributed by atoms with E-state index in [-0.39, 0.29) is 11.8 Å². The first-order valence-electron chi connectivity index (χ1n) is 12.0. The molecule has 1 saturated heterocycles. The van der Waals surface area contributed by atoms with Gasteiger partial charge in [-0.1, -0.05) is 23.7 Å². The second kappa shape index (κ2) is 11.2. The zero-order chi connectivity index (χ0) is 25.6. The first kappa shape index (κ1) is 24.4. The molecule has 2 amide bonds. The lowest BCUT2D eigenvalue weighted by Gasteiger charge is -2.35. The zero-order valence-electron chi connectivity index (χ0n) is 20.0. The van der Waals surface area contributed by atoms with Crippen molar-refractivity contribution in [2.75, 3.05) is 31.5 Å². The molecule has 9 heteroatoms. The molecule has 0 saturated carbocycles. The zero-order valence-corrected chi connectivity index (χ0v) is 20.8. The molecule has 0 spiro atoms. The summed E-state index contributed by atoms with van der Waals surface area (Å²) in [5.41, 5.74) is 4.03. The van der Waals surface area contributed by atoms with Crippen LogP contribution in [0.2, 0.25) is 5.02 Å². The van der Waals surface area contributed by atoms with E-state index in [2.05, 4.69) is 20.3 Å². The predicted molar refractivity (Wildman–Crippen MR) is 143 cm³/mol. The fraction of sp³-hybridized carbons (Fsp3) is 0.179. The van der Waals surface area contributed by atoms with Crippen LogP contribution >= 0.6 is 11.6 Å². The molecule has 3 heterocycles. The van der Waals surface area contributed by atoms with Gasteiger partial charge < -0.3 is 15.1 Å². The van der Waals surface area contributed by atoms with E-state index in [1.54, 1.807) is 35.6 Å². The van der Waals surface area contributed by atoms with Gasteiger partial charge in [0.2, 0.25) is 11.9 Å². The normalized spacial score (nSPS) is 13.3. The average Bonchev–Trinajstić information content (AvgIpc) is 2.94. The Morgan fingerprint density at radius 1 is 0.811 bits per heavy atom. The van der Waals surface area contributed by atoms with Gasteiger partial charge in [-0.2, -0.15) is 0 Å². The van der Waals surface area contributed by atoms with Crippen LogP contribution in [0.15, 0.2) is 85.3 Å². The van der Waals surface area contributed by atoms with Gasteiger partial charge in [0, 0.05) is 66.6 Å². The summed E-state index contributed by atoms with van der Waals surface area (Å²) in [5, 5.41) is 3.86. The van der Waals surface area contributed by atoms with E-state index in [0.717, 1.165) is 22.5 Å². The number of carbonyl (C=O) groups excluding carboxylic acids is 2. The van der Waals surface area contributed by atoms with Gasteiger partial charge >= 0.3 is 0 Å². The number of benzene rings is 2. The SMILES string of the molecule is O=C(Cc1ccncc1)N1CCN(C(=O)c2ccc(Nc3nccc(-c4ccc(Cl)cc4)n3)cc2)CC1. The molecular formula is C28H25ClN6O2. The van der Waals surface area contributed by atoms with E-state index in [0.29, 0.717) is 49.1 Å². The van der Waals surface area contributed by atoms with Crippen LogP contribution in [-0.2, 0) is 11.2 Å². The Labute approximate surface area is 220 Å². The summed E-state index contributed by atoms with van der Waals surface area (Å²) in [7, 11) is 0. The highest BCUT2D eigenvalue weighted by Gasteiger charge is 2.25. The molecule has 0 unspecified atom stereocenters. The number of rotatable bonds is 6. The molecule has 2 aromatic heterocycles. The highest BCUT2D eigenvalue weighted by molar-refractivity contribution is 6.30. The van der Waals surface area contributed by atoms with Gasteiger partial charge in [0.1, 0.15) is 0 Å². The molecule has 1 aliphatic rings. The lowest BCUT2D eigenvalue weighted by atomic mass is 10.1.